The molecule has 0 unspecified atom stereocenters. The Kier molecular flexibility index (Phi) is 5.78. The summed E-state index contributed by atoms with van der Waals surface area (Å²) in [7, 11) is -3.99. The number of hydrogen-bond acceptors (Lipinski definition) is 4. The van der Waals surface area contributed by atoms with Crippen molar-refractivity contribution in [3.63, 3.8) is 0 Å². The van der Waals surface area contributed by atoms with Crippen molar-refractivity contribution < 1.29 is 26.4 Å². The van der Waals surface area contributed by atoms with E-state index in [2.05, 4.69) is 4.72 Å². The average molecular weight is 378 g/mol. The highest BCUT2D eigenvalue weighted by Crippen LogP contribution is 2.23. The number of benzene rings is 1. The lowest BCUT2D eigenvalue weighted by Crippen LogP contribution is -2.44. The molecule has 1 amide bonds. The zero-order valence-electron chi connectivity index (χ0n) is 14.1. The SMILES string of the molecule is Cc1ccc(S(=O)(=O)NC(=O)C2CCN(CC(F)(F)F)CC2)c(C)c1. The second-order valence-electron chi connectivity index (χ2n) is 6.40. The van der Waals surface area contributed by atoms with E-state index in [1.807, 2.05) is 6.92 Å². The second-order valence-corrected chi connectivity index (χ2v) is 8.06. The Hall–Kier alpha value is -1.61. The van der Waals surface area contributed by atoms with Crippen LogP contribution in [-0.4, -0.2) is 45.0 Å². The molecule has 0 saturated carbocycles. The highest BCUT2D eigenvalue weighted by atomic mass is 32.2. The number of piperidine rings is 1. The van der Waals surface area contributed by atoms with Crippen LogP contribution in [0, 0.1) is 19.8 Å². The maximum absolute atomic E-state index is 12.4. The van der Waals surface area contributed by atoms with Crippen LogP contribution >= 0.6 is 0 Å². The van der Waals surface area contributed by atoms with Crippen molar-refractivity contribution in [1.29, 1.82) is 0 Å². The molecular formula is C16H21F3N2O3S. The van der Waals surface area contributed by atoms with Gasteiger partial charge in [0.05, 0.1) is 11.4 Å². The standard InChI is InChI=1S/C16H21F3N2O3S/c1-11-3-4-14(12(2)9-11)25(23,24)20-15(22)13-5-7-21(8-6-13)10-16(17,18)19/h3-4,9,13H,5-8,10H2,1-2H3,(H,20,22). The van der Waals surface area contributed by atoms with E-state index >= 15 is 0 Å². The summed E-state index contributed by atoms with van der Waals surface area (Å²) in [5.41, 5.74) is 1.43. The van der Waals surface area contributed by atoms with Crippen molar-refractivity contribution in [3.8, 4) is 0 Å². The molecule has 1 fully saturated rings. The number of alkyl halides is 3. The lowest BCUT2D eigenvalue weighted by molar-refractivity contribution is -0.149. The molecule has 0 aromatic heterocycles. The Morgan fingerprint density at radius 1 is 1.24 bits per heavy atom. The third kappa shape index (κ3) is 5.43. The minimum atomic E-state index is -4.28. The van der Waals surface area contributed by atoms with Crippen LogP contribution in [0.1, 0.15) is 24.0 Å². The summed E-state index contributed by atoms with van der Waals surface area (Å²) < 4.78 is 63.9. The van der Waals surface area contributed by atoms with Crippen molar-refractivity contribution in [3.05, 3.63) is 29.3 Å². The molecule has 2 rings (SSSR count). The number of likely N-dealkylation sites (tertiary alicyclic amines) is 1. The summed E-state index contributed by atoms with van der Waals surface area (Å²) in [4.78, 5) is 13.5. The zero-order valence-corrected chi connectivity index (χ0v) is 14.9. The van der Waals surface area contributed by atoms with Gasteiger partial charge >= 0.3 is 6.18 Å². The van der Waals surface area contributed by atoms with E-state index in [0.29, 0.717) is 5.56 Å². The number of rotatable bonds is 4. The predicted molar refractivity (Wildman–Crippen MR) is 86.5 cm³/mol. The normalized spacial score (nSPS) is 17.5. The first-order chi connectivity index (χ1) is 11.5. The number of aryl methyl sites for hydroxylation is 2. The van der Waals surface area contributed by atoms with Crippen LogP contribution in [0.4, 0.5) is 13.2 Å². The van der Waals surface area contributed by atoms with Gasteiger partial charge in [0.15, 0.2) is 0 Å². The number of nitrogens with zero attached hydrogens (tertiary/aromatic N) is 1. The lowest BCUT2D eigenvalue weighted by Gasteiger charge is -2.31. The maximum atomic E-state index is 12.4. The minimum absolute atomic E-state index is 0.0287. The summed E-state index contributed by atoms with van der Waals surface area (Å²) in [5, 5.41) is 0. The Balaban J connectivity index is 1.98. The molecule has 1 heterocycles. The van der Waals surface area contributed by atoms with Crippen LogP contribution < -0.4 is 4.72 Å². The monoisotopic (exact) mass is 378 g/mol. The summed E-state index contributed by atoms with van der Waals surface area (Å²) in [5.74, 6) is -1.27. The number of nitrogens with one attached hydrogen (secondary N) is 1. The predicted octanol–water partition coefficient (Wildman–Crippen LogP) is 2.38. The first-order valence-electron chi connectivity index (χ1n) is 7.91. The highest BCUT2D eigenvalue weighted by molar-refractivity contribution is 7.90. The molecule has 0 atom stereocenters. The summed E-state index contributed by atoms with van der Waals surface area (Å²) in [6, 6.07) is 4.78. The van der Waals surface area contributed by atoms with Crippen LogP contribution in [0.2, 0.25) is 0 Å². The molecule has 5 nitrogen and oxygen atoms in total. The van der Waals surface area contributed by atoms with Crippen LogP contribution in [0.25, 0.3) is 0 Å². The molecule has 1 aromatic rings. The fourth-order valence-corrected chi connectivity index (χ4v) is 4.25. The highest BCUT2D eigenvalue weighted by Gasteiger charge is 2.34. The number of sulfonamides is 1. The van der Waals surface area contributed by atoms with Gasteiger partial charge in [0.25, 0.3) is 10.0 Å². The Morgan fingerprint density at radius 2 is 1.84 bits per heavy atom. The molecule has 140 valence electrons. The van der Waals surface area contributed by atoms with Gasteiger partial charge in [-0.15, -0.1) is 0 Å². The number of carbonyl (C=O) groups is 1. The van der Waals surface area contributed by atoms with Gasteiger partial charge in [-0.3, -0.25) is 9.69 Å². The maximum Gasteiger partial charge on any atom is 0.401 e. The molecule has 0 radical (unpaired) electrons. The van der Waals surface area contributed by atoms with Gasteiger partial charge in [0.1, 0.15) is 0 Å². The van der Waals surface area contributed by atoms with Gasteiger partial charge in [-0.1, -0.05) is 17.7 Å². The molecule has 1 saturated heterocycles. The number of carbonyl (C=O) groups excluding carboxylic acids is 1. The van der Waals surface area contributed by atoms with Gasteiger partial charge in [-0.2, -0.15) is 13.2 Å². The van der Waals surface area contributed by atoms with E-state index in [0.717, 1.165) is 5.56 Å². The second kappa shape index (κ2) is 7.33. The van der Waals surface area contributed by atoms with E-state index in [9.17, 15) is 26.4 Å². The fraction of sp³-hybridized carbons (Fsp3) is 0.562. The number of hydrogen-bond donors (Lipinski definition) is 1. The van der Waals surface area contributed by atoms with Crippen LogP contribution in [0.15, 0.2) is 23.1 Å². The molecule has 0 bridgehead atoms. The molecule has 0 aliphatic carbocycles. The topological polar surface area (TPSA) is 66.5 Å². The van der Waals surface area contributed by atoms with E-state index in [1.165, 1.54) is 11.0 Å². The third-order valence-electron chi connectivity index (χ3n) is 4.22. The fourth-order valence-electron chi connectivity index (χ4n) is 2.98. The van der Waals surface area contributed by atoms with Crippen molar-refractivity contribution in [2.24, 2.45) is 5.92 Å². The van der Waals surface area contributed by atoms with Crippen molar-refractivity contribution in [1.82, 2.24) is 9.62 Å². The average Bonchev–Trinajstić information content (AvgIpc) is 2.45. The summed E-state index contributed by atoms with van der Waals surface area (Å²) >= 11 is 0. The molecule has 1 aliphatic heterocycles. The first kappa shape index (κ1) is 19.7. The van der Waals surface area contributed by atoms with Crippen molar-refractivity contribution >= 4 is 15.9 Å². The van der Waals surface area contributed by atoms with Crippen LogP contribution in [-0.2, 0) is 14.8 Å². The Bertz CT molecular complexity index is 739. The Labute approximate surface area is 145 Å². The molecule has 9 heteroatoms. The van der Waals surface area contributed by atoms with Gasteiger partial charge in [0.2, 0.25) is 5.91 Å². The third-order valence-corrected chi connectivity index (χ3v) is 5.72. The molecular weight excluding hydrogens is 357 g/mol. The van der Waals surface area contributed by atoms with Crippen molar-refractivity contribution in [2.45, 2.75) is 37.8 Å². The first-order valence-corrected chi connectivity index (χ1v) is 9.39. The van der Waals surface area contributed by atoms with Gasteiger partial charge in [0, 0.05) is 5.92 Å². The van der Waals surface area contributed by atoms with Crippen molar-refractivity contribution in [2.75, 3.05) is 19.6 Å². The largest absolute Gasteiger partial charge is 0.401 e. The minimum Gasteiger partial charge on any atom is -0.295 e. The molecule has 1 N–H and O–H groups in total. The summed E-state index contributed by atoms with van der Waals surface area (Å²) in [6.07, 6.45) is -3.88. The lowest BCUT2D eigenvalue weighted by atomic mass is 9.96. The van der Waals surface area contributed by atoms with Crippen LogP contribution in [0.5, 0.6) is 0 Å². The molecule has 1 aromatic carbocycles. The van der Waals surface area contributed by atoms with E-state index in [-0.39, 0.29) is 30.8 Å². The molecule has 1 aliphatic rings. The zero-order chi connectivity index (χ0) is 18.8. The van der Waals surface area contributed by atoms with E-state index in [1.54, 1.807) is 19.1 Å². The Morgan fingerprint density at radius 3 is 2.36 bits per heavy atom. The quantitative estimate of drug-likeness (QED) is 0.874. The molecule has 25 heavy (non-hydrogen) atoms. The van der Waals surface area contributed by atoms with Gasteiger partial charge in [-0.05, 0) is 51.4 Å². The van der Waals surface area contributed by atoms with Crippen LogP contribution in [0.3, 0.4) is 0 Å². The number of amides is 1. The smallest absolute Gasteiger partial charge is 0.295 e. The van der Waals surface area contributed by atoms with Gasteiger partial charge < -0.3 is 0 Å². The van der Waals surface area contributed by atoms with E-state index in [4.69, 9.17) is 0 Å². The molecule has 0 spiro atoms. The van der Waals surface area contributed by atoms with Gasteiger partial charge in [-0.25, -0.2) is 13.1 Å². The number of halogens is 3. The van der Waals surface area contributed by atoms with E-state index < -0.39 is 34.6 Å². The summed E-state index contributed by atoms with van der Waals surface area (Å²) in [6.45, 7) is 2.68.